The first-order valence-corrected chi connectivity index (χ1v) is 12.8. The molecule has 39 heavy (non-hydrogen) atoms. The molecule has 0 spiro atoms. The highest BCUT2D eigenvalue weighted by atomic mass is 32.1. The van der Waals surface area contributed by atoms with Gasteiger partial charge in [-0.1, -0.05) is 24.1 Å². The first-order valence-electron chi connectivity index (χ1n) is 11.9. The number of aromatic nitrogens is 7. The minimum atomic E-state index is -0.668. The molecule has 12 heteroatoms. The molecule has 3 N–H and O–H groups in total. The molecule has 1 aromatic carbocycles. The highest BCUT2D eigenvalue weighted by Crippen LogP contribution is 2.25. The molecule has 0 bridgehead atoms. The first-order chi connectivity index (χ1) is 18.9. The molecule has 0 radical (unpaired) electrons. The topological polar surface area (TPSA) is 138 Å². The number of nitrogens with one attached hydrogen (secondary N) is 1. The second-order valence-corrected chi connectivity index (χ2v) is 9.60. The number of nitrogens with two attached hydrogens (primary N) is 1. The predicted molar refractivity (Wildman–Crippen MR) is 148 cm³/mol. The summed E-state index contributed by atoms with van der Waals surface area (Å²) >= 11 is 1.32. The Morgan fingerprint density at radius 1 is 1.10 bits per heavy atom. The van der Waals surface area contributed by atoms with Gasteiger partial charge in [0.15, 0.2) is 11.5 Å². The average Bonchev–Trinajstić information content (AvgIpc) is 3.63. The van der Waals surface area contributed by atoms with Crippen LogP contribution in [0.15, 0.2) is 71.2 Å². The quantitative estimate of drug-likeness (QED) is 0.331. The average molecular weight is 536 g/mol. The van der Waals surface area contributed by atoms with E-state index >= 15 is 0 Å². The Bertz CT molecular complexity index is 1990. The summed E-state index contributed by atoms with van der Waals surface area (Å²) in [6.07, 6.45) is 5.02. The smallest absolute Gasteiger partial charge is 0.268 e. The van der Waals surface area contributed by atoms with Crippen molar-refractivity contribution in [3.05, 3.63) is 99.4 Å². The summed E-state index contributed by atoms with van der Waals surface area (Å²) in [5.74, 6) is 6.02. The van der Waals surface area contributed by atoms with E-state index < -0.39 is 11.9 Å². The number of aryl methyl sites for hydroxylation is 1. The van der Waals surface area contributed by atoms with Crippen molar-refractivity contribution in [2.45, 2.75) is 13.0 Å². The lowest BCUT2D eigenvalue weighted by molar-refractivity contribution is 0.0940. The van der Waals surface area contributed by atoms with Gasteiger partial charge in [-0.2, -0.15) is 5.10 Å². The fraction of sp³-hybridized carbons (Fsp3) is 0.111. The highest BCUT2D eigenvalue weighted by Gasteiger charge is 2.25. The molecule has 1 atom stereocenters. The van der Waals surface area contributed by atoms with Crippen LogP contribution in [0.5, 0.6) is 0 Å². The molecule has 0 unspecified atom stereocenters. The number of thiophene rings is 1. The summed E-state index contributed by atoms with van der Waals surface area (Å²) in [5, 5.41) is 13.6. The number of para-hydroxylation sites is 1. The summed E-state index contributed by atoms with van der Waals surface area (Å²) in [4.78, 5) is 36.9. The van der Waals surface area contributed by atoms with Gasteiger partial charge in [0.1, 0.15) is 21.9 Å². The van der Waals surface area contributed by atoms with E-state index in [1.807, 2.05) is 42.8 Å². The van der Waals surface area contributed by atoms with Crippen molar-refractivity contribution in [1.29, 1.82) is 0 Å². The molecule has 192 valence electrons. The van der Waals surface area contributed by atoms with Crippen molar-refractivity contribution in [3.63, 3.8) is 0 Å². The van der Waals surface area contributed by atoms with E-state index in [9.17, 15) is 9.59 Å². The molecule has 1 amide bonds. The molecular formula is C27H21N9O2S. The monoisotopic (exact) mass is 535 g/mol. The third kappa shape index (κ3) is 4.30. The number of hydrogen-bond acceptors (Lipinski definition) is 8. The van der Waals surface area contributed by atoms with Crippen LogP contribution in [0.2, 0.25) is 0 Å². The van der Waals surface area contributed by atoms with Crippen molar-refractivity contribution in [3.8, 4) is 17.5 Å². The van der Waals surface area contributed by atoms with E-state index in [2.05, 4.69) is 32.3 Å². The maximum absolute atomic E-state index is 14.0. The van der Waals surface area contributed by atoms with Crippen LogP contribution in [0.3, 0.4) is 0 Å². The second-order valence-electron chi connectivity index (χ2n) is 8.74. The maximum Gasteiger partial charge on any atom is 0.268 e. The van der Waals surface area contributed by atoms with Gasteiger partial charge in [0.05, 0.1) is 22.7 Å². The molecule has 5 aromatic heterocycles. The van der Waals surface area contributed by atoms with E-state index in [0.29, 0.717) is 38.6 Å². The fourth-order valence-corrected chi connectivity index (χ4v) is 5.15. The normalized spacial score (nSPS) is 11.8. The number of nitrogen functional groups attached to an aromatic ring is 1. The van der Waals surface area contributed by atoms with Crippen LogP contribution in [0.1, 0.15) is 40.4 Å². The standard InChI is InChI=1S/C27H21N9O2S/c1-16(30-25(37)21-22(28)33-35-13-6-12-29-24(21)35)23-31-26-20(27(38)36(23)19-7-4-3-5-8-19)17(15-39-26)9-10-18-11-14-34(2)32-18/h3-8,11-16H,1-2H3,(H2,28,33)(H,30,37)/t16-/m0/s1. The Balaban J connectivity index is 1.45. The van der Waals surface area contributed by atoms with Gasteiger partial charge < -0.3 is 11.1 Å². The number of rotatable bonds is 4. The molecule has 0 aliphatic heterocycles. The van der Waals surface area contributed by atoms with Crippen molar-refractivity contribution >= 4 is 38.9 Å². The van der Waals surface area contributed by atoms with E-state index in [4.69, 9.17) is 10.7 Å². The molecule has 0 saturated heterocycles. The summed E-state index contributed by atoms with van der Waals surface area (Å²) in [6, 6.07) is 12.0. The van der Waals surface area contributed by atoms with Crippen LogP contribution >= 0.6 is 11.3 Å². The number of amides is 1. The zero-order valence-corrected chi connectivity index (χ0v) is 21.7. The molecule has 6 rings (SSSR count). The third-order valence-corrected chi connectivity index (χ3v) is 6.94. The lowest BCUT2D eigenvalue weighted by Gasteiger charge is -2.19. The second kappa shape index (κ2) is 9.55. The SMILES string of the molecule is C[C@H](NC(=O)c1c(N)nn2cccnc12)c1nc2scc(C#Cc3ccn(C)n3)c2c(=O)n1-c1ccccc1. The molecule has 0 saturated carbocycles. The van der Waals surface area contributed by atoms with Crippen LogP contribution in [0.25, 0.3) is 21.6 Å². The summed E-state index contributed by atoms with van der Waals surface area (Å²) in [6.45, 7) is 1.76. The summed E-state index contributed by atoms with van der Waals surface area (Å²) in [7, 11) is 1.82. The largest absolute Gasteiger partial charge is 0.381 e. The molecule has 0 aliphatic rings. The molecule has 0 fully saturated rings. The lowest BCUT2D eigenvalue weighted by Crippen LogP contribution is -2.33. The number of carbonyl (C=O) groups is 1. The Labute approximate surface area is 225 Å². The van der Waals surface area contributed by atoms with Crippen LogP contribution in [0, 0.1) is 11.8 Å². The Kier molecular flexibility index (Phi) is 5.90. The first kappa shape index (κ1) is 24.1. The summed E-state index contributed by atoms with van der Waals surface area (Å²) < 4.78 is 4.61. The number of anilines is 1. The van der Waals surface area contributed by atoms with E-state index in [0.717, 1.165) is 0 Å². The van der Waals surface area contributed by atoms with Crippen LogP contribution in [-0.2, 0) is 7.05 Å². The predicted octanol–water partition coefficient (Wildman–Crippen LogP) is 2.70. The minimum Gasteiger partial charge on any atom is -0.381 e. The molecule has 6 aromatic rings. The van der Waals surface area contributed by atoms with Crippen molar-refractivity contribution in [2.75, 3.05) is 5.73 Å². The molecular weight excluding hydrogens is 514 g/mol. The number of nitrogens with zero attached hydrogens (tertiary/aromatic N) is 7. The van der Waals surface area contributed by atoms with Crippen LogP contribution in [-0.4, -0.2) is 39.8 Å². The number of fused-ring (bicyclic) bond motifs is 2. The highest BCUT2D eigenvalue weighted by molar-refractivity contribution is 7.17. The Hall–Kier alpha value is -5.28. The van der Waals surface area contributed by atoms with Crippen LogP contribution < -0.4 is 16.6 Å². The lowest BCUT2D eigenvalue weighted by atomic mass is 10.2. The fourth-order valence-electron chi connectivity index (χ4n) is 4.28. The molecule has 0 aliphatic carbocycles. The van der Waals surface area contributed by atoms with E-state index in [1.165, 1.54) is 20.4 Å². The van der Waals surface area contributed by atoms with Crippen LogP contribution in [0.4, 0.5) is 5.82 Å². The number of benzene rings is 1. The van der Waals surface area contributed by atoms with E-state index in [1.54, 1.807) is 42.3 Å². The van der Waals surface area contributed by atoms with Gasteiger partial charge in [0.25, 0.3) is 11.5 Å². The number of carbonyl (C=O) groups excluding carboxylic acids is 1. The summed E-state index contributed by atoms with van der Waals surface area (Å²) in [5.41, 5.74) is 8.02. The zero-order chi connectivity index (χ0) is 27.1. The minimum absolute atomic E-state index is 0.0524. The van der Waals surface area contributed by atoms with Gasteiger partial charge in [0.2, 0.25) is 0 Å². The van der Waals surface area contributed by atoms with Crippen molar-refractivity contribution in [2.24, 2.45) is 7.05 Å². The Morgan fingerprint density at radius 2 is 1.92 bits per heavy atom. The van der Waals surface area contributed by atoms with Gasteiger partial charge in [-0.3, -0.25) is 18.8 Å². The molecule has 11 nitrogen and oxygen atoms in total. The maximum atomic E-state index is 14.0. The van der Waals surface area contributed by atoms with Crippen molar-refractivity contribution < 1.29 is 4.79 Å². The number of hydrogen-bond donors (Lipinski definition) is 2. The molecule has 5 heterocycles. The van der Waals surface area contributed by atoms with Crippen molar-refractivity contribution in [1.82, 2.24) is 39.2 Å². The zero-order valence-electron chi connectivity index (χ0n) is 20.9. The van der Waals surface area contributed by atoms with Gasteiger partial charge in [-0.25, -0.2) is 14.5 Å². The van der Waals surface area contributed by atoms with Gasteiger partial charge in [0, 0.05) is 31.0 Å². The van der Waals surface area contributed by atoms with Gasteiger partial charge in [-0.15, -0.1) is 16.4 Å². The van der Waals surface area contributed by atoms with Gasteiger partial charge >= 0.3 is 0 Å². The third-order valence-electron chi connectivity index (χ3n) is 6.07. The van der Waals surface area contributed by atoms with E-state index in [-0.39, 0.29) is 16.9 Å². The Morgan fingerprint density at radius 3 is 2.69 bits per heavy atom. The van der Waals surface area contributed by atoms with Gasteiger partial charge in [-0.05, 0) is 37.1 Å².